The zero-order valence-corrected chi connectivity index (χ0v) is 14.2. The first-order valence-electron chi connectivity index (χ1n) is 8.14. The van der Waals surface area contributed by atoms with Gasteiger partial charge in [-0.25, -0.2) is 0 Å². The summed E-state index contributed by atoms with van der Waals surface area (Å²) in [6.45, 7) is 0.406. The predicted molar refractivity (Wildman–Crippen MR) is 99.8 cm³/mol. The van der Waals surface area contributed by atoms with Crippen LogP contribution in [0.3, 0.4) is 0 Å². The molecule has 0 aliphatic carbocycles. The van der Waals surface area contributed by atoms with Crippen LogP contribution >= 0.6 is 11.6 Å². The molecule has 0 saturated heterocycles. The smallest absolute Gasteiger partial charge is 0.271 e. The number of aliphatic hydroxyl groups excluding tert-OH is 1. The fourth-order valence-electron chi connectivity index (χ4n) is 3.34. The number of aliphatic hydroxyl groups is 1. The monoisotopic (exact) mass is 352 g/mol. The molecule has 3 aromatic rings. The average Bonchev–Trinajstić information content (AvgIpc) is 3.25. The highest BCUT2D eigenvalue weighted by atomic mass is 35.5. The Labute approximate surface area is 150 Å². The van der Waals surface area contributed by atoms with E-state index in [0.29, 0.717) is 17.3 Å². The summed E-state index contributed by atoms with van der Waals surface area (Å²) in [5.41, 5.74) is 3.17. The maximum absolute atomic E-state index is 13.2. The molecule has 1 unspecified atom stereocenters. The lowest BCUT2D eigenvalue weighted by Gasteiger charge is -2.23. The Balaban J connectivity index is 1.90. The Morgan fingerprint density at radius 2 is 2.04 bits per heavy atom. The van der Waals surface area contributed by atoms with Crippen molar-refractivity contribution in [3.63, 3.8) is 0 Å². The summed E-state index contributed by atoms with van der Waals surface area (Å²) in [5.74, 6) is -0.129. The Hall–Kier alpha value is -2.56. The Morgan fingerprint density at radius 3 is 2.80 bits per heavy atom. The van der Waals surface area contributed by atoms with Crippen molar-refractivity contribution in [2.24, 2.45) is 0 Å². The normalized spacial score (nSPS) is 16.7. The maximum atomic E-state index is 13.2. The van der Waals surface area contributed by atoms with Gasteiger partial charge in [0.05, 0.1) is 12.6 Å². The second-order valence-electron chi connectivity index (χ2n) is 6.07. The van der Waals surface area contributed by atoms with E-state index in [2.05, 4.69) is 4.98 Å². The van der Waals surface area contributed by atoms with Gasteiger partial charge in [-0.3, -0.25) is 4.79 Å². The van der Waals surface area contributed by atoms with Gasteiger partial charge in [-0.05, 0) is 23.8 Å². The van der Waals surface area contributed by atoms with Crippen LogP contribution in [0.15, 0.2) is 60.7 Å². The van der Waals surface area contributed by atoms with Crippen LogP contribution in [-0.4, -0.2) is 40.1 Å². The highest BCUT2D eigenvalue weighted by Gasteiger charge is 2.29. The molecule has 4 nitrogen and oxygen atoms in total. The summed E-state index contributed by atoms with van der Waals surface area (Å²) in [4.78, 5) is 18.1. The number of carbonyl (C=O) groups excluding carboxylic acids is 1. The molecule has 2 heterocycles. The second-order valence-corrected chi connectivity index (χ2v) is 6.50. The largest absolute Gasteiger partial charge is 0.394 e. The zero-order chi connectivity index (χ0) is 17.4. The van der Waals surface area contributed by atoms with Crippen LogP contribution in [0.25, 0.3) is 22.0 Å². The van der Waals surface area contributed by atoms with E-state index in [-0.39, 0.29) is 18.6 Å². The van der Waals surface area contributed by atoms with Gasteiger partial charge in [0.1, 0.15) is 5.69 Å². The second kappa shape index (κ2) is 6.39. The van der Waals surface area contributed by atoms with Crippen molar-refractivity contribution < 1.29 is 9.90 Å². The van der Waals surface area contributed by atoms with Gasteiger partial charge < -0.3 is 15.0 Å². The summed E-state index contributed by atoms with van der Waals surface area (Å²) >= 11 is 6.19. The summed E-state index contributed by atoms with van der Waals surface area (Å²) in [7, 11) is 0. The number of benzene rings is 2. The van der Waals surface area contributed by atoms with E-state index in [4.69, 9.17) is 11.6 Å². The first-order valence-corrected chi connectivity index (χ1v) is 8.52. The molecule has 5 heteroatoms. The van der Waals surface area contributed by atoms with Crippen LogP contribution in [0, 0.1) is 0 Å². The molecule has 1 atom stereocenters. The molecule has 126 valence electrons. The highest BCUT2D eigenvalue weighted by Crippen LogP contribution is 2.35. The van der Waals surface area contributed by atoms with Crippen molar-refractivity contribution >= 4 is 28.4 Å². The predicted octanol–water partition coefficient (Wildman–Crippen LogP) is 3.86. The number of amides is 1. The lowest BCUT2D eigenvalue weighted by atomic mass is 10.0. The third-order valence-corrected chi connectivity index (χ3v) is 4.78. The number of aromatic amines is 1. The molecular formula is C20H17ClN2O2. The van der Waals surface area contributed by atoms with E-state index in [0.717, 1.165) is 22.0 Å². The summed E-state index contributed by atoms with van der Waals surface area (Å²) in [6, 6.07) is 15.1. The van der Waals surface area contributed by atoms with Gasteiger partial charge in [0.15, 0.2) is 0 Å². The number of hydrogen-bond acceptors (Lipinski definition) is 2. The third-order valence-electron chi connectivity index (χ3n) is 4.55. The quantitative estimate of drug-likeness (QED) is 0.703. The topological polar surface area (TPSA) is 56.3 Å². The van der Waals surface area contributed by atoms with Crippen molar-refractivity contribution in [1.82, 2.24) is 9.88 Å². The highest BCUT2D eigenvalue weighted by molar-refractivity contribution is 6.31. The first-order chi connectivity index (χ1) is 12.2. The minimum atomic E-state index is -0.286. The molecule has 1 aliphatic heterocycles. The van der Waals surface area contributed by atoms with Crippen LogP contribution in [-0.2, 0) is 0 Å². The average molecular weight is 353 g/mol. The molecule has 1 aliphatic rings. The van der Waals surface area contributed by atoms with E-state index < -0.39 is 0 Å². The van der Waals surface area contributed by atoms with Crippen molar-refractivity contribution in [2.75, 3.05) is 13.2 Å². The van der Waals surface area contributed by atoms with Gasteiger partial charge in [-0.2, -0.15) is 0 Å². The van der Waals surface area contributed by atoms with Gasteiger partial charge in [-0.1, -0.05) is 54.1 Å². The fourth-order valence-corrected chi connectivity index (χ4v) is 3.51. The van der Waals surface area contributed by atoms with E-state index in [9.17, 15) is 9.90 Å². The third kappa shape index (κ3) is 2.73. The standard InChI is InChI=1S/C20H17ClN2O2/c21-14-8-9-17-16(11-14)18(13-5-2-1-3-6-13)19(22-17)20(25)23-10-4-7-15(23)12-24/h1-9,11,15,22,24H,10,12H2. The number of fused-ring (bicyclic) bond motifs is 1. The van der Waals surface area contributed by atoms with E-state index in [1.807, 2.05) is 54.6 Å². The molecule has 4 rings (SSSR count). The SMILES string of the molecule is O=C(c1[nH]c2ccc(Cl)cc2c1-c1ccccc1)N1CC=CC1CO. The summed E-state index contributed by atoms with van der Waals surface area (Å²) in [6.07, 6.45) is 3.76. The van der Waals surface area contributed by atoms with Gasteiger partial charge >= 0.3 is 0 Å². The molecule has 0 radical (unpaired) electrons. The first kappa shape index (κ1) is 15.9. The Morgan fingerprint density at radius 1 is 1.24 bits per heavy atom. The van der Waals surface area contributed by atoms with Gasteiger partial charge in [0.2, 0.25) is 0 Å². The van der Waals surface area contributed by atoms with Crippen LogP contribution in [0.2, 0.25) is 5.02 Å². The van der Waals surface area contributed by atoms with Crippen LogP contribution < -0.4 is 0 Å². The van der Waals surface area contributed by atoms with E-state index in [1.54, 1.807) is 11.0 Å². The van der Waals surface area contributed by atoms with Crippen molar-refractivity contribution in [3.8, 4) is 11.1 Å². The summed E-state index contributed by atoms with van der Waals surface area (Å²) < 4.78 is 0. The number of halogens is 1. The zero-order valence-electron chi connectivity index (χ0n) is 13.4. The number of rotatable bonds is 3. The molecule has 1 aromatic heterocycles. The Bertz CT molecular complexity index is 962. The fraction of sp³-hybridized carbons (Fsp3) is 0.150. The minimum absolute atomic E-state index is 0.0883. The molecule has 25 heavy (non-hydrogen) atoms. The van der Waals surface area contributed by atoms with Gasteiger partial charge in [0, 0.05) is 28.0 Å². The maximum Gasteiger partial charge on any atom is 0.271 e. The molecule has 2 N–H and O–H groups in total. The molecular weight excluding hydrogens is 336 g/mol. The van der Waals surface area contributed by atoms with Crippen LogP contribution in [0.5, 0.6) is 0 Å². The summed E-state index contributed by atoms with van der Waals surface area (Å²) in [5, 5.41) is 11.1. The van der Waals surface area contributed by atoms with E-state index in [1.165, 1.54) is 0 Å². The molecule has 2 aromatic carbocycles. The minimum Gasteiger partial charge on any atom is -0.394 e. The lowest BCUT2D eigenvalue weighted by Crippen LogP contribution is -2.38. The van der Waals surface area contributed by atoms with Crippen molar-refractivity contribution in [2.45, 2.75) is 6.04 Å². The number of hydrogen-bond donors (Lipinski definition) is 2. The van der Waals surface area contributed by atoms with Crippen LogP contribution in [0.4, 0.5) is 0 Å². The van der Waals surface area contributed by atoms with Crippen molar-refractivity contribution in [3.05, 3.63) is 71.4 Å². The molecule has 1 amide bonds. The number of nitrogens with one attached hydrogen (secondary N) is 1. The van der Waals surface area contributed by atoms with Crippen molar-refractivity contribution in [1.29, 1.82) is 0 Å². The number of nitrogens with zero attached hydrogens (tertiary/aromatic N) is 1. The molecule has 0 fully saturated rings. The lowest BCUT2D eigenvalue weighted by molar-refractivity contribution is 0.0696. The Kier molecular flexibility index (Phi) is 4.07. The van der Waals surface area contributed by atoms with E-state index >= 15 is 0 Å². The molecule has 0 saturated carbocycles. The van der Waals surface area contributed by atoms with Crippen LogP contribution in [0.1, 0.15) is 10.5 Å². The molecule has 0 spiro atoms. The number of carbonyl (C=O) groups is 1. The molecule has 0 bridgehead atoms. The number of H-pyrrole nitrogens is 1. The van der Waals surface area contributed by atoms with Gasteiger partial charge in [0.25, 0.3) is 5.91 Å². The van der Waals surface area contributed by atoms with Gasteiger partial charge in [-0.15, -0.1) is 0 Å². The number of aromatic nitrogens is 1.